The average molecular weight is 309 g/mol. The van der Waals surface area contributed by atoms with Crippen molar-refractivity contribution < 1.29 is 4.79 Å². The Balaban J connectivity index is 2.07. The highest BCUT2D eigenvalue weighted by Crippen LogP contribution is 2.36. The molecule has 3 rings (SSSR count). The summed E-state index contributed by atoms with van der Waals surface area (Å²) in [5.74, 6) is 0.333. The number of carbonyl (C=O) groups excluding carboxylic acids is 1. The maximum atomic E-state index is 11.6. The van der Waals surface area contributed by atoms with Crippen molar-refractivity contribution in [2.45, 2.75) is 13.3 Å². The first-order valence-electron chi connectivity index (χ1n) is 7.37. The van der Waals surface area contributed by atoms with Crippen LogP contribution in [-0.2, 0) is 4.79 Å². The molecular weight excluding hydrogens is 292 g/mol. The topological polar surface area (TPSA) is 17.1 Å². The Morgan fingerprint density at radius 3 is 2.59 bits per heavy atom. The summed E-state index contributed by atoms with van der Waals surface area (Å²) in [4.78, 5) is 11.6. The number of Topliss-reactive ketones (excluding diaryl/α,β-unsaturated/α-hetero) is 1. The zero-order chi connectivity index (χ0) is 15.5. The molecule has 0 saturated heterocycles. The lowest BCUT2D eigenvalue weighted by atomic mass is 9.81. The lowest BCUT2D eigenvalue weighted by Gasteiger charge is -2.23. The minimum atomic E-state index is 0.128. The van der Waals surface area contributed by atoms with Crippen LogP contribution in [0.2, 0.25) is 5.02 Å². The fraction of sp³-hybridized carbons (Fsp3) is 0.150. The van der Waals surface area contributed by atoms with Gasteiger partial charge >= 0.3 is 0 Å². The van der Waals surface area contributed by atoms with Gasteiger partial charge in [0.05, 0.1) is 0 Å². The minimum Gasteiger partial charge on any atom is -0.300 e. The van der Waals surface area contributed by atoms with Crippen molar-refractivity contribution in [3.05, 3.63) is 76.3 Å². The zero-order valence-electron chi connectivity index (χ0n) is 12.4. The van der Waals surface area contributed by atoms with Gasteiger partial charge in [-0.05, 0) is 41.3 Å². The molecule has 1 aliphatic carbocycles. The molecule has 22 heavy (non-hydrogen) atoms. The molecule has 1 atom stereocenters. The Morgan fingerprint density at radius 2 is 1.86 bits per heavy atom. The standard InChI is InChI=1S/C20H17ClO/c1-14(22)12-17-9-8-16-4-2-3-5-19(16)20(17)13-15-6-10-18(21)11-7-15/h2-11,13,17H,12H2,1H3/b20-13+. The molecule has 2 heteroatoms. The van der Waals surface area contributed by atoms with Crippen LogP contribution < -0.4 is 0 Å². The molecule has 110 valence electrons. The number of hydrogen-bond acceptors (Lipinski definition) is 1. The smallest absolute Gasteiger partial charge is 0.130 e. The molecule has 0 radical (unpaired) electrons. The summed E-state index contributed by atoms with van der Waals surface area (Å²) in [6.45, 7) is 1.65. The number of ketones is 1. The number of hydrogen-bond donors (Lipinski definition) is 0. The SMILES string of the molecule is CC(=O)CC1C=Cc2ccccc2/C1=C/c1ccc(Cl)cc1. The average Bonchev–Trinajstić information content (AvgIpc) is 2.51. The second-order valence-corrected chi connectivity index (χ2v) is 6.05. The third-order valence-electron chi connectivity index (χ3n) is 3.88. The molecular formula is C20H17ClO. The van der Waals surface area contributed by atoms with Gasteiger partial charge in [-0.15, -0.1) is 0 Å². The number of fused-ring (bicyclic) bond motifs is 1. The molecule has 2 aromatic carbocycles. The lowest BCUT2D eigenvalue weighted by molar-refractivity contribution is -0.117. The molecule has 0 amide bonds. The molecule has 0 fully saturated rings. The van der Waals surface area contributed by atoms with E-state index in [1.807, 2.05) is 36.4 Å². The van der Waals surface area contributed by atoms with Gasteiger partial charge in [0.15, 0.2) is 0 Å². The molecule has 0 bridgehead atoms. The van der Waals surface area contributed by atoms with E-state index in [9.17, 15) is 4.79 Å². The predicted octanol–water partition coefficient (Wildman–Crippen LogP) is 5.50. The van der Waals surface area contributed by atoms with Crippen molar-refractivity contribution >= 4 is 35.1 Å². The Bertz CT molecular complexity index is 754. The van der Waals surface area contributed by atoms with Crippen LogP contribution in [-0.4, -0.2) is 5.78 Å². The van der Waals surface area contributed by atoms with Crippen molar-refractivity contribution in [1.29, 1.82) is 0 Å². The highest BCUT2D eigenvalue weighted by atomic mass is 35.5. The van der Waals surface area contributed by atoms with Crippen LogP contribution in [0.25, 0.3) is 17.7 Å². The largest absolute Gasteiger partial charge is 0.300 e. The molecule has 0 saturated carbocycles. The van der Waals surface area contributed by atoms with E-state index in [0.717, 1.165) is 10.6 Å². The predicted molar refractivity (Wildman–Crippen MR) is 93.6 cm³/mol. The van der Waals surface area contributed by atoms with Gasteiger partial charge in [-0.2, -0.15) is 0 Å². The van der Waals surface area contributed by atoms with Gasteiger partial charge in [0.25, 0.3) is 0 Å². The van der Waals surface area contributed by atoms with E-state index in [2.05, 4.69) is 30.4 Å². The summed E-state index contributed by atoms with van der Waals surface area (Å²) >= 11 is 5.96. The van der Waals surface area contributed by atoms with E-state index in [-0.39, 0.29) is 11.7 Å². The lowest BCUT2D eigenvalue weighted by Crippen LogP contribution is -2.10. The highest BCUT2D eigenvalue weighted by molar-refractivity contribution is 6.30. The normalized spacial score (nSPS) is 18.3. The van der Waals surface area contributed by atoms with E-state index in [0.29, 0.717) is 6.42 Å². The van der Waals surface area contributed by atoms with E-state index in [1.165, 1.54) is 16.7 Å². The number of carbonyl (C=O) groups is 1. The first-order chi connectivity index (χ1) is 10.6. The summed E-state index contributed by atoms with van der Waals surface area (Å²) in [5, 5.41) is 0.728. The van der Waals surface area contributed by atoms with Gasteiger partial charge in [-0.25, -0.2) is 0 Å². The first-order valence-corrected chi connectivity index (χ1v) is 7.75. The van der Waals surface area contributed by atoms with Crippen molar-refractivity contribution in [3.63, 3.8) is 0 Å². The second-order valence-electron chi connectivity index (χ2n) is 5.61. The van der Waals surface area contributed by atoms with Crippen molar-refractivity contribution in [2.75, 3.05) is 0 Å². The Morgan fingerprint density at radius 1 is 1.14 bits per heavy atom. The molecule has 0 spiro atoms. The van der Waals surface area contributed by atoms with E-state index in [1.54, 1.807) is 6.92 Å². The minimum absolute atomic E-state index is 0.128. The molecule has 1 unspecified atom stereocenters. The molecule has 1 nitrogen and oxygen atoms in total. The molecule has 1 aliphatic rings. The van der Waals surface area contributed by atoms with Gasteiger partial charge in [-0.1, -0.05) is 66.2 Å². The molecule has 2 aromatic rings. The Labute approximate surface area is 135 Å². The maximum absolute atomic E-state index is 11.6. The van der Waals surface area contributed by atoms with Crippen LogP contribution in [0.5, 0.6) is 0 Å². The van der Waals surface area contributed by atoms with Crippen LogP contribution in [0, 0.1) is 5.92 Å². The molecule has 0 N–H and O–H groups in total. The molecule has 0 aliphatic heterocycles. The zero-order valence-corrected chi connectivity index (χ0v) is 13.2. The number of halogens is 1. The third-order valence-corrected chi connectivity index (χ3v) is 4.13. The van der Waals surface area contributed by atoms with E-state index >= 15 is 0 Å². The van der Waals surface area contributed by atoms with Crippen molar-refractivity contribution in [3.8, 4) is 0 Å². The molecule has 0 aromatic heterocycles. The van der Waals surface area contributed by atoms with Crippen LogP contribution >= 0.6 is 11.6 Å². The summed E-state index contributed by atoms with van der Waals surface area (Å²) < 4.78 is 0. The van der Waals surface area contributed by atoms with Gasteiger partial charge < -0.3 is 0 Å². The fourth-order valence-corrected chi connectivity index (χ4v) is 2.97. The Kier molecular flexibility index (Phi) is 4.26. The van der Waals surface area contributed by atoms with Gasteiger partial charge in [0, 0.05) is 17.4 Å². The quantitative estimate of drug-likeness (QED) is 0.731. The van der Waals surface area contributed by atoms with Crippen LogP contribution in [0.4, 0.5) is 0 Å². The van der Waals surface area contributed by atoms with Crippen molar-refractivity contribution in [1.82, 2.24) is 0 Å². The second kappa shape index (κ2) is 6.33. The van der Waals surface area contributed by atoms with Crippen LogP contribution in [0.3, 0.4) is 0 Å². The fourth-order valence-electron chi connectivity index (χ4n) is 2.84. The summed E-state index contributed by atoms with van der Waals surface area (Å²) in [5.41, 5.74) is 4.68. The Hall–Kier alpha value is -2.12. The van der Waals surface area contributed by atoms with E-state index < -0.39 is 0 Å². The van der Waals surface area contributed by atoms with Gasteiger partial charge in [0.1, 0.15) is 5.78 Å². The number of allylic oxidation sites excluding steroid dienone is 2. The van der Waals surface area contributed by atoms with Gasteiger partial charge in [-0.3, -0.25) is 4.79 Å². The maximum Gasteiger partial charge on any atom is 0.130 e. The monoisotopic (exact) mass is 308 g/mol. The number of benzene rings is 2. The summed E-state index contributed by atoms with van der Waals surface area (Å²) in [6.07, 6.45) is 6.93. The summed E-state index contributed by atoms with van der Waals surface area (Å²) in [6, 6.07) is 16.1. The van der Waals surface area contributed by atoms with Crippen LogP contribution in [0.15, 0.2) is 54.6 Å². The van der Waals surface area contributed by atoms with E-state index in [4.69, 9.17) is 11.6 Å². The summed E-state index contributed by atoms with van der Waals surface area (Å²) in [7, 11) is 0. The van der Waals surface area contributed by atoms with Crippen LogP contribution in [0.1, 0.15) is 30.0 Å². The molecule has 0 heterocycles. The van der Waals surface area contributed by atoms with Crippen molar-refractivity contribution in [2.24, 2.45) is 5.92 Å². The number of rotatable bonds is 3. The van der Waals surface area contributed by atoms with Gasteiger partial charge in [0.2, 0.25) is 0 Å². The first kappa shape index (κ1) is 14.8. The highest BCUT2D eigenvalue weighted by Gasteiger charge is 2.20. The third kappa shape index (κ3) is 3.20.